The van der Waals surface area contributed by atoms with Crippen molar-refractivity contribution in [2.45, 2.75) is 6.92 Å². The second-order valence-corrected chi connectivity index (χ2v) is 8.75. The summed E-state index contributed by atoms with van der Waals surface area (Å²) in [7, 11) is 0. The molecule has 1 fully saturated rings. The Balaban J connectivity index is 1.58. The molecule has 0 radical (unpaired) electrons. The molecule has 2 N–H and O–H groups in total. The Hall–Kier alpha value is -3.16. The summed E-state index contributed by atoms with van der Waals surface area (Å²) >= 11 is 6.38. The standard InChI is InChI=1S/C25H26ClFN4O2/c1-16(2)13-29-25-20-11-19(22(27)12-23(20)28-14-21(25)26)17-3-5-18(6-4-17)31-9-7-30(8-10-31)15-24(32)33/h3-6,11-12,14H,1,7-10,13,15H2,2H3,(H,28,29)(H,32,33). The number of hydrogen-bond acceptors (Lipinski definition) is 5. The van der Waals surface area contributed by atoms with Crippen LogP contribution in [0.3, 0.4) is 0 Å². The summed E-state index contributed by atoms with van der Waals surface area (Å²) in [6.07, 6.45) is 1.52. The van der Waals surface area contributed by atoms with Gasteiger partial charge in [-0.25, -0.2) is 4.39 Å². The minimum absolute atomic E-state index is 0.0656. The third kappa shape index (κ3) is 5.26. The summed E-state index contributed by atoms with van der Waals surface area (Å²) in [6.45, 7) is 9.34. The average Bonchev–Trinajstić information content (AvgIpc) is 2.78. The second-order valence-electron chi connectivity index (χ2n) is 8.34. The minimum atomic E-state index is -0.806. The third-order valence-corrected chi connectivity index (χ3v) is 6.04. The summed E-state index contributed by atoms with van der Waals surface area (Å²) in [5, 5.41) is 13.5. The van der Waals surface area contributed by atoms with Crippen LogP contribution in [-0.4, -0.2) is 60.2 Å². The Labute approximate surface area is 197 Å². The molecular weight excluding hydrogens is 443 g/mol. The number of piperazine rings is 1. The maximum atomic E-state index is 15.0. The van der Waals surface area contributed by atoms with Gasteiger partial charge in [0.1, 0.15) is 5.82 Å². The number of nitrogens with one attached hydrogen (secondary N) is 1. The van der Waals surface area contributed by atoms with Gasteiger partial charge in [0.2, 0.25) is 0 Å². The van der Waals surface area contributed by atoms with E-state index in [0.29, 0.717) is 41.4 Å². The van der Waals surface area contributed by atoms with Crippen LogP contribution < -0.4 is 10.2 Å². The van der Waals surface area contributed by atoms with Crippen molar-refractivity contribution in [3.63, 3.8) is 0 Å². The van der Waals surface area contributed by atoms with Crippen molar-refractivity contribution >= 4 is 39.8 Å². The molecule has 1 aromatic heterocycles. The van der Waals surface area contributed by atoms with Gasteiger partial charge in [0.25, 0.3) is 0 Å². The summed E-state index contributed by atoms with van der Waals surface area (Å²) in [6, 6.07) is 11.0. The molecule has 4 rings (SSSR count). The maximum absolute atomic E-state index is 15.0. The molecule has 0 aliphatic carbocycles. The van der Waals surface area contributed by atoms with Gasteiger partial charge in [0, 0.05) is 61.6 Å². The third-order valence-electron chi connectivity index (χ3n) is 5.75. The lowest BCUT2D eigenvalue weighted by Gasteiger charge is -2.35. The minimum Gasteiger partial charge on any atom is -0.480 e. The number of rotatable bonds is 7. The van der Waals surface area contributed by atoms with E-state index < -0.39 is 5.97 Å². The van der Waals surface area contributed by atoms with Crippen LogP contribution in [0, 0.1) is 5.82 Å². The number of fused-ring (bicyclic) bond motifs is 1. The van der Waals surface area contributed by atoms with Crippen LogP contribution >= 0.6 is 11.6 Å². The van der Waals surface area contributed by atoms with Crippen LogP contribution in [0.15, 0.2) is 54.7 Å². The predicted octanol–water partition coefficient (Wildman–Crippen LogP) is 4.89. The predicted molar refractivity (Wildman–Crippen MR) is 132 cm³/mol. The number of aromatic nitrogens is 1. The average molecular weight is 469 g/mol. The SMILES string of the molecule is C=C(C)CNc1c(Cl)cnc2cc(F)c(-c3ccc(N4CCN(CC(=O)O)CC4)cc3)cc12. The largest absolute Gasteiger partial charge is 0.480 e. The number of nitrogens with zero attached hydrogens (tertiary/aromatic N) is 3. The van der Waals surface area contributed by atoms with Crippen LogP contribution in [0.2, 0.25) is 5.02 Å². The number of hydrogen-bond donors (Lipinski definition) is 2. The fourth-order valence-corrected chi connectivity index (χ4v) is 4.25. The molecule has 172 valence electrons. The maximum Gasteiger partial charge on any atom is 0.317 e. The van der Waals surface area contributed by atoms with Crippen LogP contribution in [-0.2, 0) is 4.79 Å². The van der Waals surface area contributed by atoms with E-state index in [-0.39, 0.29) is 12.4 Å². The fraction of sp³-hybridized carbons (Fsp3) is 0.280. The molecular formula is C25H26ClFN4O2. The first-order chi connectivity index (χ1) is 15.8. The van der Waals surface area contributed by atoms with Gasteiger partial charge in [-0.15, -0.1) is 0 Å². The van der Waals surface area contributed by atoms with Crippen molar-refractivity contribution < 1.29 is 14.3 Å². The lowest BCUT2D eigenvalue weighted by Crippen LogP contribution is -2.47. The molecule has 2 heterocycles. The molecule has 0 bridgehead atoms. The van der Waals surface area contributed by atoms with E-state index in [1.807, 2.05) is 36.1 Å². The molecule has 0 spiro atoms. The highest BCUT2D eigenvalue weighted by Crippen LogP contribution is 2.35. The molecule has 0 amide bonds. The lowest BCUT2D eigenvalue weighted by atomic mass is 10.0. The molecule has 8 heteroatoms. The fourth-order valence-electron chi connectivity index (χ4n) is 4.04. The van der Waals surface area contributed by atoms with Crippen LogP contribution in [0.1, 0.15) is 6.92 Å². The lowest BCUT2D eigenvalue weighted by molar-refractivity contribution is -0.138. The van der Waals surface area contributed by atoms with Gasteiger partial charge < -0.3 is 15.3 Å². The van der Waals surface area contributed by atoms with E-state index in [9.17, 15) is 9.18 Å². The highest BCUT2D eigenvalue weighted by Gasteiger charge is 2.19. The number of benzene rings is 2. The number of anilines is 2. The van der Waals surface area contributed by atoms with E-state index in [0.717, 1.165) is 35.3 Å². The topological polar surface area (TPSA) is 68.7 Å². The highest BCUT2D eigenvalue weighted by atomic mass is 35.5. The van der Waals surface area contributed by atoms with E-state index >= 15 is 0 Å². The van der Waals surface area contributed by atoms with E-state index in [1.54, 1.807) is 6.07 Å². The van der Waals surface area contributed by atoms with Gasteiger partial charge in [-0.3, -0.25) is 14.7 Å². The van der Waals surface area contributed by atoms with Crippen LogP contribution in [0.25, 0.3) is 22.0 Å². The zero-order valence-corrected chi connectivity index (χ0v) is 19.2. The monoisotopic (exact) mass is 468 g/mol. The summed E-state index contributed by atoms with van der Waals surface area (Å²) in [5.41, 5.74) is 4.46. The Kier molecular flexibility index (Phi) is 6.81. The normalized spacial score (nSPS) is 14.5. The Morgan fingerprint density at radius 2 is 1.91 bits per heavy atom. The number of carbonyl (C=O) groups is 1. The van der Waals surface area contributed by atoms with Crippen molar-refractivity contribution in [2.75, 3.05) is 49.5 Å². The zero-order valence-electron chi connectivity index (χ0n) is 18.4. The zero-order chi connectivity index (χ0) is 23.5. The van der Waals surface area contributed by atoms with E-state index in [4.69, 9.17) is 16.7 Å². The quantitative estimate of drug-likeness (QED) is 0.481. The molecule has 33 heavy (non-hydrogen) atoms. The molecule has 0 atom stereocenters. The van der Waals surface area contributed by atoms with Crippen molar-refractivity contribution in [2.24, 2.45) is 0 Å². The van der Waals surface area contributed by atoms with Gasteiger partial charge in [-0.1, -0.05) is 35.9 Å². The first kappa shape index (κ1) is 23.0. The van der Waals surface area contributed by atoms with Gasteiger partial charge in [0.05, 0.1) is 22.8 Å². The Morgan fingerprint density at radius 1 is 1.21 bits per heavy atom. The molecule has 0 saturated carbocycles. The van der Waals surface area contributed by atoms with Crippen molar-refractivity contribution in [1.82, 2.24) is 9.88 Å². The number of carboxylic acid groups (broad SMARTS) is 1. The molecule has 6 nitrogen and oxygen atoms in total. The smallest absolute Gasteiger partial charge is 0.317 e. The molecule has 1 aliphatic heterocycles. The van der Waals surface area contributed by atoms with Crippen molar-refractivity contribution in [1.29, 1.82) is 0 Å². The second kappa shape index (κ2) is 9.77. The first-order valence-corrected chi connectivity index (χ1v) is 11.1. The van der Waals surface area contributed by atoms with Gasteiger partial charge in [-0.05, 0) is 30.7 Å². The Bertz CT molecular complexity index is 1190. The van der Waals surface area contributed by atoms with Gasteiger partial charge in [0.15, 0.2) is 0 Å². The molecule has 1 saturated heterocycles. The van der Waals surface area contributed by atoms with Crippen molar-refractivity contribution in [3.05, 3.63) is 65.6 Å². The number of aliphatic carboxylic acids is 1. The summed E-state index contributed by atoms with van der Waals surface area (Å²) in [4.78, 5) is 19.3. The van der Waals surface area contributed by atoms with E-state index in [2.05, 4.69) is 21.8 Å². The number of halogens is 2. The highest BCUT2D eigenvalue weighted by molar-refractivity contribution is 6.34. The van der Waals surface area contributed by atoms with Gasteiger partial charge in [-0.2, -0.15) is 0 Å². The summed E-state index contributed by atoms with van der Waals surface area (Å²) in [5.74, 6) is -1.15. The molecule has 1 aliphatic rings. The van der Waals surface area contributed by atoms with Crippen LogP contribution in [0.5, 0.6) is 0 Å². The number of pyridine rings is 1. The van der Waals surface area contributed by atoms with Crippen LogP contribution in [0.4, 0.5) is 15.8 Å². The van der Waals surface area contributed by atoms with Gasteiger partial charge >= 0.3 is 5.97 Å². The molecule has 2 aromatic carbocycles. The van der Waals surface area contributed by atoms with E-state index in [1.165, 1.54) is 12.3 Å². The Morgan fingerprint density at radius 3 is 2.55 bits per heavy atom. The first-order valence-electron chi connectivity index (χ1n) is 10.8. The number of carboxylic acids is 1. The summed E-state index contributed by atoms with van der Waals surface area (Å²) < 4.78 is 15.0. The molecule has 0 unspecified atom stereocenters. The molecule has 3 aromatic rings. The van der Waals surface area contributed by atoms with Crippen molar-refractivity contribution in [3.8, 4) is 11.1 Å².